The molecule has 1 heterocycles. The molecule has 1 nitrogen and oxygen atoms in total. The molecule has 3 rings (SSSR count). The molecule has 24 heavy (non-hydrogen) atoms. The monoisotopic (exact) mass is 319 g/mol. The van der Waals surface area contributed by atoms with E-state index in [0.717, 1.165) is 12.0 Å². The van der Waals surface area contributed by atoms with Gasteiger partial charge in [0.25, 0.3) is 0 Å². The first-order chi connectivity index (χ1) is 11.7. The fraction of sp³-hybridized carbons (Fsp3) is 0.348. The smallest absolute Gasteiger partial charge is 0.200 e. The number of nitrogens with zero attached hydrogens (tertiary/aromatic N) is 1. The predicted molar refractivity (Wildman–Crippen MR) is 103 cm³/mol. The van der Waals surface area contributed by atoms with Crippen LogP contribution in [-0.4, -0.2) is 0 Å². The number of fused-ring (bicyclic) bond motifs is 1. The summed E-state index contributed by atoms with van der Waals surface area (Å²) in [5.74, 6) is 0. The molecule has 0 unspecified atom stereocenters. The summed E-state index contributed by atoms with van der Waals surface area (Å²) in [7, 11) is 2.09. The number of aromatic nitrogens is 1. The van der Waals surface area contributed by atoms with Gasteiger partial charge in [-0.3, -0.25) is 0 Å². The molecule has 0 radical (unpaired) electrons. The maximum absolute atomic E-state index is 8.12. The SMILES string of the molecule is [2H]c1cc(C)c(C)c(-c2c3ccc(CC(C)(C)C)cc3cc[n+]2C)c1. The van der Waals surface area contributed by atoms with Crippen LogP contribution in [0.3, 0.4) is 0 Å². The molecule has 0 amide bonds. The molecule has 1 aromatic heterocycles. The highest BCUT2D eigenvalue weighted by Gasteiger charge is 2.18. The van der Waals surface area contributed by atoms with Crippen molar-refractivity contribution in [1.82, 2.24) is 0 Å². The van der Waals surface area contributed by atoms with Crippen molar-refractivity contribution in [3.8, 4) is 11.3 Å². The average molecular weight is 319 g/mol. The maximum atomic E-state index is 8.12. The van der Waals surface area contributed by atoms with Crippen molar-refractivity contribution < 1.29 is 5.94 Å². The second-order valence-corrected chi connectivity index (χ2v) is 8.11. The number of hydrogen-bond donors (Lipinski definition) is 0. The van der Waals surface area contributed by atoms with E-state index in [9.17, 15) is 0 Å². The van der Waals surface area contributed by atoms with Gasteiger partial charge in [-0.05, 0) is 59.9 Å². The Morgan fingerprint density at radius 2 is 1.79 bits per heavy atom. The number of benzene rings is 2. The molecule has 124 valence electrons. The molecule has 0 bridgehead atoms. The zero-order valence-corrected chi connectivity index (χ0v) is 15.7. The van der Waals surface area contributed by atoms with Gasteiger partial charge in [0, 0.05) is 11.6 Å². The van der Waals surface area contributed by atoms with Crippen LogP contribution in [-0.2, 0) is 13.5 Å². The maximum Gasteiger partial charge on any atom is 0.220 e. The van der Waals surface area contributed by atoms with E-state index in [4.69, 9.17) is 1.37 Å². The molecular formula is C23H28N+. The van der Waals surface area contributed by atoms with Crippen LogP contribution in [0.1, 0.15) is 38.8 Å². The Kier molecular flexibility index (Phi) is 3.88. The largest absolute Gasteiger partial charge is 0.220 e. The van der Waals surface area contributed by atoms with Crippen molar-refractivity contribution in [3.05, 3.63) is 65.3 Å². The van der Waals surface area contributed by atoms with Crippen LogP contribution in [0.4, 0.5) is 0 Å². The molecule has 0 aliphatic heterocycles. The van der Waals surface area contributed by atoms with E-state index < -0.39 is 0 Å². The Morgan fingerprint density at radius 3 is 2.50 bits per heavy atom. The van der Waals surface area contributed by atoms with Crippen LogP contribution in [0, 0.1) is 19.3 Å². The molecule has 0 fully saturated rings. The van der Waals surface area contributed by atoms with Gasteiger partial charge in [0.2, 0.25) is 5.69 Å². The number of aryl methyl sites for hydroxylation is 2. The minimum absolute atomic E-state index is 0.281. The highest BCUT2D eigenvalue weighted by molar-refractivity contribution is 5.94. The van der Waals surface area contributed by atoms with Crippen molar-refractivity contribution in [2.24, 2.45) is 12.5 Å². The summed E-state index contributed by atoms with van der Waals surface area (Å²) in [5.41, 5.74) is 6.42. The van der Waals surface area contributed by atoms with Crippen LogP contribution in [0.25, 0.3) is 22.0 Å². The van der Waals surface area contributed by atoms with Crippen molar-refractivity contribution in [1.29, 1.82) is 0 Å². The standard InChI is InChI=1S/C23H28N/c1-16-8-7-9-20(17(16)2)22-21-11-10-18(15-23(3,4)5)14-19(21)12-13-24(22)6/h7-14H,15H2,1-6H3/q+1/i7D. The summed E-state index contributed by atoms with van der Waals surface area (Å²) < 4.78 is 10.3. The van der Waals surface area contributed by atoms with E-state index >= 15 is 0 Å². The normalized spacial score (nSPS) is 12.5. The summed E-state index contributed by atoms with van der Waals surface area (Å²) in [4.78, 5) is 0. The second kappa shape index (κ2) is 6.05. The molecule has 0 saturated heterocycles. The van der Waals surface area contributed by atoms with Crippen LogP contribution in [0.15, 0.2) is 48.6 Å². The van der Waals surface area contributed by atoms with Gasteiger partial charge in [0.05, 0.1) is 6.76 Å². The number of pyridine rings is 1. The van der Waals surface area contributed by atoms with Gasteiger partial charge in [-0.2, -0.15) is 0 Å². The van der Waals surface area contributed by atoms with Crippen molar-refractivity contribution in [2.45, 2.75) is 41.0 Å². The first-order valence-electron chi connectivity index (χ1n) is 9.15. The topological polar surface area (TPSA) is 3.88 Å². The first-order valence-corrected chi connectivity index (χ1v) is 8.65. The third-order valence-corrected chi connectivity index (χ3v) is 4.71. The predicted octanol–water partition coefficient (Wildman–Crippen LogP) is 5.54. The minimum Gasteiger partial charge on any atom is -0.200 e. The van der Waals surface area contributed by atoms with Crippen LogP contribution in [0.2, 0.25) is 0 Å². The summed E-state index contributed by atoms with van der Waals surface area (Å²) in [6.45, 7) is 11.1. The lowest BCUT2D eigenvalue weighted by Crippen LogP contribution is -2.30. The Hall–Kier alpha value is -2.15. The van der Waals surface area contributed by atoms with Crippen molar-refractivity contribution >= 4 is 10.8 Å². The molecule has 0 N–H and O–H groups in total. The molecule has 3 aromatic rings. The van der Waals surface area contributed by atoms with Gasteiger partial charge >= 0.3 is 0 Å². The van der Waals surface area contributed by atoms with E-state index in [-0.39, 0.29) is 5.41 Å². The summed E-state index contributed by atoms with van der Waals surface area (Å²) in [6.07, 6.45) is 3.20. The Labute approximate surface area is 147 Å². The van der Waals surface area contributed by atoms with Crippen LogP contribution < -0.4 is 4.57 Å². The fourth-order valence-electron chi connectivity index (χ4n) is 3.40. The third-order valence-electron chi connectivity index (χ3n) is 4.71. The van der Waals surface area contributed by atoms with Crippen molar-refractivity contribution in [3.63, 3.8) is 0 Å². The highest BCUT2D eigenvalue weighted by atomic mass is 14.9. The second-order valence-electron chi connectivity index (χ2n) is 8.11. The summed E-state index contributed by atoms with van der Waals surface area (Å²) >= 11 is 0. The van der Waals surface area contributed by atoms with Gasteiger partial charge in [-0.25, -0.2) is 4.57 Å². The van der Waals surface area contributed by atoms with E-state index in [1.165, 1.54) is 33.2 Å². The lowest BCUT2D eigenvalue weighted by atomic mass is 9.87. The fourth-order valence-corrected chi connectivity index (χ4v) is 3.40. The van der Waals surface area contributed by atoms with E-state index in [1.54, 1.807) is 0 Å². The van der Waals surface area contributed by atoms with Gasteiger partial charge in [-0.1, -0.05) is 45.0 Å². The van der Waals surface area contributed by atoms with Gasteiger partial charge in [0.15, 0.2) is 6.20 Å². The molecule has 0 saturated carbocycles. The Morgan fingerprint density at radius 1 is 1.04 bits per heavy atom. The van der Waals surface area contributed by atoms with Crippen molar-refractivity contribution in [2.75, 3.05) is 0 Å². The van der Waals surface area contributed by atoms with Gasteiger partial charge < -0.3 is 0 Å². The lowest BCUT2D eigenvalue weighted by molar-refractivity contribution is -0.659. The van der Waals surface area contributed by atoms with E-state index in [0.29, 0.717) is 6.04 Å². The molecule has 0 aliphatic carbocycles. The zero-order chi connectivity index (χ0) is 18.4. The van der Waals surface area contributed by atoms with E-state index in [1.807, 2.05) is 12.1 Å². The molecule has 2 aromatic carbocycles. The van der Waals surface area contributed by atoms with Gasteiger partial charge in [0.1, 0.15) is 7.05 Å². The molecule has 1 heteroatoms. The quantitative estimate of drug-likeness (QED) is 0.546. The average Bonchev–Trinajstić information content (AvgIpc) is 2.50. The third kappa shape index (κ3) is 3.21. The van der Waals surface area contributed by atoms with Crippen LogP contribution in [0.5, 0.6) is 0 Å². The molecule has 0 aliphatic rings. The molecule has 0 spiro atoms. The lowest BCUT2D eigenvalue weighted by Gasteiger charge is -2.18. The van der Waals surface area contributed by atoms with Gasteiger partial charge in [-0.15, -0.1) is 0 Å². The minimum atomic E-state index is 0.281. The van der Waals surface area contributed by atoms with E-state index in [2.05, 4.69) is 76.7 Å². The van der Waals surface area contributed by atoms with Crippen LogP contribution >= 0.6 is 0 Å². The molecular weight excluding hydrogens is 290 g/mol. The Balaban J connectivity index is 2.24. The highest BCUT2D eigenvalue weighted by Crippen LogP contribution is 2.30. The molecule has 0 atom stereocenters. The summed E-state index contributed by atoms with van der Waals surface area (Å²) in [6, 6.07) is 13.5. The zero-order valence-electron chi connectivity index (χ0n) is 16.7. The summed E-state index contributed by atoms with van der Waals surface area (Å²) in [5, 5.41) is 2.51. The number of hydrogen-bond acceptors (Lipinski definition) is 0. The first kappa shape index (κ1) is 15.4. The Bertz CT molecular complexity index is 948. The number of rotatable bonds is 2.